The maximum Gasteiger partial charge on any atom is 0.143 e. The van der Waals surface area contributed by atoms with E-state index in [2.05, 4.69) is 24.9 Å². The fourth-order valence-corrected chi connectivity index (χ4v) is 3.40. The van der Waals surface area contributed by atoms with Crippen LogP contribution in [0.3, 0.4) is 0 Å². The Morgan fingerprint density at radius 3 is 2.39 bits per heavy atom. The largest absolute Gasteiger partial charge is 0.494 e. The molecule has 0 N–H and O–H groups in total. The Bertz CT molecular complexity index is 825. The smallest absolute Gasteiger partial charge is 0.143 e. The predicted molar refractivity (Wildman–Crippen MR) is 128 cm³/mol. The van der Waals surface area contributed by atoms with E-state index < -0.39 is 0 Å². The van der Waals surface area contributed by atoms with Crippen molar-refractivity contribution in [2.75, 3.05) is 19.8 Å². The van der Waals surface area contributed by atoms with Crippen molar-refractivity contribution in [3.63, 3.8) is 0 Å². The lowest BCUT2D eigenvalue weighted by Crippen LogP contribution is -2.28. The SMILES string of the molecule is CCCCCCCCOc1ccc(C=Nc2ccc(O[C@H]3COCC=C3C)cc2)cc1. The summed E-state index contributed by atoms with van der Waals surface area (Å²) in [6, 6.07) is 15.9. The van der Waals surface area contributed by atoms with Gasteiger partial charge in [0.15, 0.2) is 0 Å². The Labute approximate surface area is 187 Å². The Morgan fingerprint density at radius 2 is 1.65 bits per heavy atom. The number of rotatable bonds is 12. The molecule has 0 spiro atoms. The number of hydrogen-bond donors (Lipinski definition) is 0. The average molecular weight is 422 g/mol. The maximum absolute atomic E-state index is 6.00. The predicted octanol–water partition coefficient (Wildman–Crippen LogP) is 6.90. The Kier molecular flexibility index (Phi) is 9.65. The topological polar surface area (TPSA) is 40.0 Å². The van der Waals surface area contributed by atoms with Crippen molar-refractivity contribution in [1.29, 1.82) is 0 Å². The van der Waals surface area contributed by atoms with Crippen molar-refractivity contribution in [2.24, 2.45) is 4.99 Å². The molecule has 0 aromatic heterocycles. The average Bonchev–Trinajstić information content (AvgIpc) is 2.80. The molecule has 1 aliphatic rings. The molecule has 1 aliphatic heterocycles. The molecule has 0 fully saturated rings. The summed E-state index contributed by atoms with van der Waals surface area (Å²) in [5.41, 5.74) is 3.16. The standard InChI is InChI=1S/C27H35NO3/c1-3-4-5-6-7-8-18-30-25-13-9-23(10-14-25)20-28-24-11-15-26(16-12-24)31-27-21-29-19-17-22(27)2/h9-17,20,27H,3-8,18-19,21H2,1-2H3/t27-/m0/s1. The molecule has 2 aromatic rings. The molecule has 0 bridgehead atoms. The lowest BCUT2D eigenvalue weighted by atomic mass is 10.1. The summed E-state index contributed by atoms with van der Waals surface area (Å²) in [7, 11) is 0. The summed E-state index contributed by atoms with van der Waals surface area (Å²) in [5, 5.41) is 0. The van der Waals surface area contributed by atoms with Gasteiger partial charge >= 0.3 is 0 Å². The van der Waals surface area contributed by atoms with Gasteiger partial charge in [-0.05, 0) is 73.0 Å². The minimum absolute atomic E-state index is 0.00936. The van der Waals surface area contributed by atoms with Gasteiger partial charge in [0, 0.05) is 6.21 Å². The van der Waals surface area contributed by atoms with Crippen molar-refractivity contribution >= 4 is 11.9 Å². The monoisotopic (exact) mass is 421 g/mol. The third kappa shape index (κ3) is 8.22. The first-order chi connectivity index (χ1) is 15.2. The first-order valence-electron chi connectivity index (χ1n) is 11.5. The summed E-state index contributed by atoms with van der Waals surface area (Å²) < 4.78 is 17.3. The van der Waals surface area contributed by atoms with Crippen molar-refractivity contribution in [3.05, 3.63) is 65.7 Å². The van der Waals surface area contributed by atoms with E-state index in [9.17, 15) is 0 Å². The molecule has 0 saturated carbocycles. The number of unbranched alkanes of at least 4 members (excludes halogenated alkanes) is 5. The fourth-order valence-electron chi connectivity index (χ4n) is 3.40. The van der Waals surface area contributed by atoms with E-state index in [1.54, 1.807) is 0 Å². The van der Waals surface area contributed by atoms with Gasteiger partial charge in [0.05, 0.1) is 25.5 Å². The van der Waals surface area contributed by atoms with Crippen LogP contribution in [0.1, 0.15) is 57.9 Å². The minimum Gasteiger partial charge on any atom is -0.494 e. The van der Waals surface area contributed by atoms with E-state index in [0.717, 1.165) is 35.8 Å². The summed E-state index contributed by atoms with van der Waals surface area (Å²) in [6.07, 6.45) is 11.6. The van der Waals surface area contributed by atoms with Gasteiger partial charge in [0.1, 0.15) is 17.6 Å². The van der Waals surface area contributed by atoms with E-state index in [1.807, 2.05) is 54.7 Å². The number of ether oxygens (including phenoxy) is 3. The molecule has 1 atom stereocenters. The van der Waals surface area contributed by atoms with E-state index in [-0.39, 0.29) is 6.10 Å². The number of aliphatic imine (C=N–C) groups is 1. The van der Waals surface area contributed by atoms with Gasteiger partial charge < -0.3 is 14.2 Å². The molecular weight excluding hydrogens is 386 g/mol. The van der Waals surface area contributed by atoms with Crippen LogP contribution in [0.25, 0.3) is 0 Å². The van der Waals surface area contributed by atoms with Crippen LogP contribution in [-0.4, -0.2) is 32.1 Å². The molecule has 4 nitrogen and oxygen atoms in total. The molecule has 2 aromatic carbocycles. The lowest BCUT2D eigenvalue weighted by Gasteiger charge is -2.23. The molecule has 31 heavy (non-hydrogen) atoms. The third-order valence-corrected chi connectivity index (χ3v) is 5.42. The second kappa shape index (κ2) is 13.0. The Hall–Kier alpha value is -2.59. The first-order valence-corrected chi connectivity index (χ1v) is 11.5. The molecule has 0 amide bonds. The zero-order chi connectivity index (χ0) is 21.7. The highest BCUT2D eigenvalue weighted by atomic mass is 16.5. The van der Waals surface area contributed by atoms with Crippen LogP contribution >= 0.6 is 0 Å². The van der Waals surface area contributed by atoms with Gasteiger partial charge in [-0.2, -0.15) is 0 Å². The molecule has 0 saturated heterocycles. The van der Waals surface area contributed by atoms with Crippen LogP contribution < -0.4 is 9.47 Å². The highest BCUT2D eigenvalue weighted by Crippen LogP contribution is 2.22. The van der Waals surface area contributed by atoms with Gasteiger partial charge in [-0.25, -0.2) is 0 Å². The zero-order valence-electron chi connectivity index (χ0n) is 18.9. The van der Waals surface area contributed by atoms with Gasteiger partial charge in [-0.1, -0.05) is 45.1 Å². The molecule has 0 unspecified atom stereocenters. The highest BCUT2D eigenvalue weighted by Gasteiger charge is 2.16. The van der Waals surface area contributed by atoms with E-state index >= 15 is 0 Å². The van der Waals surface area contributed by atoms with E-state index in [4.69, 9.17) is 14.2 Å². The lowest BCUT2D eigenvalue weighted by molar-refractivity contribution is 0.0681. The summed E-state index contributed by atoms with van der Waals surface area (Å²) in [6.45, 7) is 6.38. The van der Waals surface area contributed by atoms with Gasteiger partial charge in [-0.15, -0.1) is 0 Å². The van der Waals surface area contributed by atoms with Crippen molar-refractivity contribution in [1.82, 2.24) is 0 Å². The van der Waals surface area contributed by atoms with Crippen LogP contribution in [0.15, 0.2) is 65.2 Å². The zero-order valence-corrected chi connectivity index (χ0v) is 18.9. The minimum atomic E-state index is -0.00936. The third-order valence-electron chi connectivity index (χ3n) is 5.42. The number of nitrogens with zero attached hydrogens (tertiary/aromatic N) is 1. The molecule has 0 radical (unpaired) electrons. The fraction of sp³-hybridized carbons (Fsp3) is 0.444. The van der Waals surface area contributed by atoms with Gasteiger partial charge in [0.2, 0.25) is 0 Å². The highest BCUT2D eigenvalue weighted by molar-refractivity contribution is 5.82. The van der Waals surface area contributed by atoms with E-state index in [0.29, 0.717) is 13.2 Å². The number of hydrogen-bond acceptors (Lipinski definition) is 4. The normalized spacial score (nSPS) is 16.3. The molecule has 166 valence electrons. The van der Waals surface area contributed by atoms with Crippen LogP contribution in [0, 0.1) is 0 Å². The summed E-state index contributed by atoms with van der Waals surface area (Å²) in [5.74, 6) is 1.75. The van der Waals surface area contributed by atoms with Crippen LogP contribution in [-0.2, 0) is 4.74 Å². The molecule has 0 aliphatic carbocycles. The maximum atomic E-state index is 6.00. The molecule has 3 rings (SSSR count). The van der Waals surface area contributed by atoms with Crippen LogP contribution in [0.2, 0.25) is 0 Å². The first kappa shape index (κ1) is 23.1. The molecular formula is C27H35NO3. The van der Waals surface area contributed by atoms with Crippen LogP contribution in [0.5, 0.6) is 11.5 Å². The summed E-state index contributed by atoms with van der Waals surface area (Å²) in [4.78, 5) is 4.56. The Balaban J connectivity index is 1.41. The van der Waals surface area contributed by atoms with Gasteiger partial charge in [-0.3, -0.25) is 4.99 Å². The number of benzene rings is 2. The van der Waals surface area contributed by atoms with Crippen LogP contribution in [0.4, 0.5) is 5.69 Å². The quantitative estimate of drug-likeness (QED) is 0.213. The molecule has 4 heteroatoms. The Morgan fingerprint density at radius 1 is 0.935 bits per heavy atom. The van der Waals surface area contributed by atoms with Gasteiger partial charge in [0.25, 0.3) is 0 Å². The second-order valence-electron chi connectivity index (χ2n) is 8.03. The van der Waals surface area contributed by atoms with Crippen molar-refractivity contribution < 1.29 is 14.2 Å². The second-order valence-corrected chi connectivity index (χ2v) is 8.03. The van der Waals surface area contributed by atoms with Crippen molar-refractivity contribution in [3.8, 4) is 11.5 Å². The summed E-state index contributed by atoms with van der Waals surface area (Å²) >= 11 is 0. The molecule has 1 heterocycles. The van der Waals surface area contributed by atoms with Crippen molar-refractivity contribution in [2.45, 2.75) is 58.5 Å². The van der Waals surface area contributed by atoms with E-state index in [1.165, 1.54) is 37.7 Å².